The highest BCUT2D eigenvalue weighted by molar-refractivity contribution is 6.00. The molecule has 1 aliphatic heterocycles. The van der Waals surface area contributed by atoms with Crippen LogP contribution in [0, 0.1) is 5.92 Å². The first-order chi connectivity index (χ1) is 19.7. The molecule has 0 radical (unpaired) electrons. The van der Waals surface area contributed by atoms with Crippen LogP contribution in [0.15, 0.2) is 67.1 Å². The van der Waals surface area contributed by atoms with Crippen LogP contribution in [-0.2, 0) is 0 Å². The van der Waals surface area contributed by atoms with Crippen molar-refractivity contribution in [2.75, 3.05) is 31.9 Å². The first kappa shape index (κ1) is 26.7. The van der Waals surface area contributed by atoms with E-state index in [0.717, 1.165) is 72.4 Å². The van der Waals surface area contributed by atoms with Gasteiger partial charge in [-0.05, 0) is 87.4 Å². The molecule has 0 bridgehead atoms. The van der Waals surface area contributed by atoms with Crippen molar-refractivity contribution >= 4 is 16.9 Å². The van der Waals surface area contributed by atoms with Crippen molar-refractivity contribution < 1.29 is 9.84 Å². The van der Waals surface area contributed by atoms with Crippen LogP contribution >= 0.6 is 0 Å². The molecule has 1 saturated heterocycles. The molecular weight excluding hydrogens is 500 g/mol. The molecule has 8 nitrogen and oxygen atoms in total. The van der Waals surface area contributed by atoms with Crippen molar-refractivity contribution in [2.24, 2.45) is 5.92 Å². The molecular formula is C32H40N6O2. The van der Waals surface area contributed by atoms with Crippen molar-refractivity contribution in [3.63, 3.8) is 0 Å². The van der Waals surface area contributed by atoms with E-state index in [1.807, 2.05) is 42.5 Å². The van der Waals surface area contributed by atoms with Crippen LogP contribution in [0.2, 0.25) is 0 Å². The van der Waals surface area contributed by atoms with Gasteiger partial charge in [-0.3, -0.25) is 5.32 Å². The van der Waals surface area contributed by atoms with Crippen LogP contribution in [0.4, 0.5) is 5.82 Å². The van der Waals surface area contributed by atoms with Crippen LogP contribution in [-0.4, -0.2) is 56.8 Å². The van der Waals surface area contributed by atoms with Gasteiger partial charge in [0.1, 0.15) is 29.3 Å². The molecule has 2 aliphatic rings. The first-order valence-corrected chi connectivity index (χ1v) is 14.7. The Kier molecular flexibility index (Phi) is 8.27. The number of nitrogens with two attached hydrogens (primary N) is 1. The molecule has 1 atom stereocenters. The highest BCUT2D eigenvalue weighted by Crippen LogP contribution is 2.39. The van der Waals surface area contributed by atoms with Gasteiger partial charge in [0.2, 0.25) is 0 Å². The average Bonchev–Trinajstić information content (AvgIpc) is 3.38. The van der Waals surface area contributed by atoms with Gasteiger partial charge in [-0.25, -0.2) is 9.97 Å². The Morgan fingerprint density at radius 1 is 0.925 bits per heavy atom. The summed E-state index contributed by atoms with van der Waals surface area (Å²) in [4.78, 5) is 11.7. The van der Waals surface area contributed by atoms with Crippen molar-refractivity contribution in [2.45, 2.75) is 57.2 Å². The summed E-state index contributed by atoms with van der Waals surface area (Å²) in [6.45, 7) is 4.32. The number of aliphatic hydroxyl groups excluding tert-OH is 1. The van der Waals surface area contributed by atoms with Gasteiger partial charge in [-0.1, -0.05) is 36.8 Å². The summed E-state index contributed by atoms with van der Waals surface area (Å²) in [6, 6.07) is 17.9. The molecule has 3 heterocycles. The number of nitrogens with one attached hydrogen (secondary N) is 1. The van der Waals surface area contributed by atoms with E-state index in [1.54, 1.807) is 6.33 Å². The Morgan fingerprint density at radius 2 is 1.65 bits per heavy atom. The predicted octanol–water partition coefficient (Wildman–Crippen LogP) is 5.60. The summed E-state index contributed by atoms with van der Waals surface area (Å²) >= 11 is 0. The third kappa shape index (κ3) is 5.99. The van der Waals surface area contributed by atoms with Gasteiger partial charge in [0, 0.05) is 24.8 Å². The van der Waals surface area contributed by atoms with E-state index in [4.69, 9.17) is 15.5 Å². The summed E-state index contributed by atoms with van der Waals surface area (Å²) in [5.74, 6) is 2.46. The van der Waals surface area contributed by atoms with E-state index in [0.29, 0.717) is 11.7 Å². The van der Waals surface area contributed by atoms with E-state index >= 15 is 0 Å². The molecule has 1 aliphatic carbocycles. The number of anilines is 1. The number of nitrogens with zero attached hydrogens (tertiary/aromatic N) is 4. The summed E-state index contributed by atoms with van der Waals surface area (Å²) in [7, 11) is 0. The van der Waals surface area contributed by atoms with E-state index in [1.165, 1.54) is 32.4 Å². The van der Waals surface area contributed by atoms with Gasteiger partial charge < -0.3 is 25.0 Å². The van der Waals surface area contributed by atoms with Gasteiger partial charge >= 0.3 is 0 Å². The van der Waals surface area contributed by atoms with Crippen LogP contribution in [0.5, 0.6) is 11.5 Å². The largest absolute Gasteiger partial charge is 0.457 e. The monoisotopic (exact) mass is 540 g/mol. The molecule has 2 fully saturated rings. The number of aromatic nitrogens is 3. The molecule has 4 N–H and O–H groups in total. The standard InChI is InChI=1S/C32H40N6O2/c33-30-29-28(23-11-15-27(16-12-23)40-26-7-3-1-4-8-26)21-38(32(29)36-22-35-30)31(24-9-13-25(39)14-10-24)34-17-20-37-18-5-2-6-19-37/h1,3-4,7-8,11-12,15-16,21-22,24-25,31,34,39H,2,5-6,9-10,13-14,17-20H2,(H2,33,35,36). The number of likely N-dealkylation sites (tertiary alicyclic amines) is 1. The fraction of sp³-hybridized carbons (Fsp3) is 0.438. The van der Waals surface area contributed by atoms with Crippen molar-refractivity contribution in [1.82, 2.24) is 24.8 Å². The fourth-order valence-corrected chi connectivity index (χ4v) is 6.33. The maximum Gasteiger partial charge on any atom is 0.147 e. The molecule has 40 heavy (non-hydrogen) atoms. The highest BCUT2D eigenvalue weighted by atomic mass is 16.5. The summed E-state index contributed by atoms with van der Waals surface area (Å²) < 4.78 is 8.29. The zero-order chi connectivity index (χ0) is 27.3. The number of hydrogen-bond acceptors (Lipinski definition) is 7. The van der Waals surface area contributed by atoms with Crippen LogP contribution in [0.1, 0.15) is 51.1 Å². The summed E-state index contributed by atoms with van der Waals surface area (Å²) in [6.07, 6.45) is 11.2. The number of para-hydroxylation sites is 1. The van der Waals surface area contributed by atoms with E-state index in [2.05, 4.69) is 38.1 Å². The van der Waals surface area contributed by atoms with E-state index in [-0.39, 0.29) is 12.3 Å². The molecule has 6 rings (SSSR count). The van der Waals surface area contributed by atoms with Gasteiger partial charge in [0.25, 0.3) is 0 Å². The molecule has 4 aromatic rings. The van der Waals surface area contributed by atoms with E-state index < -0.39 is 0 Å². The number of nitrogen functional groups attached to an aromatic ring is 1. The second kappa shape index (κ2) is 12.4. The molecule has 0 spiro atoms. The minimum atomic E-state index is -0.197. The van der Waals surface area contributed by atoms with Crippen LogP contribution in [0.3, 0.4) is 0 Å². The number of rotatable bonds is 9. The zero-order valence-corrected chi connectivity index (χ0v) is 23.1. The smallest absolute Gasteiger partial charge is 0.147 e. The Hall–Kier alpha value is -3.46. The number of piperidine rings is 1. The predicted molar refractivity (Wildman–Crippen MR) is 159 cm³/mol. The Morgan fingerprint density at radius 3 is 2.40 bits per heavy atom. The summed E-state index contributed by atoms with van der Waals surface area (Å²) in [5.41, 5.74) is 9.38. The van der Waals surface area contributed by atoms with Gasteiger partial charge in [0.05, 0.1) is 17.7 Å². The number of benzene rings is 2. The number of hydrogen-bond donors (Lipinski definition) is 3. The first-order valence-electron chi connectivity index (χ1n) is 14.7. The minimum absolute atomic E-state index is 0.0588. The normalized spacial score (nSPS) is 20.9. The van der Waals surface area contributed by atoms with Gasteiger partial charge in [0.15, 0.2) is 0 Å². The second-order valence-corrected chi connectivity index (χ2v) is 11.2. The molecule has 2 aromatic heterocycles. The average molecular weight is 541 g/mol. The molecule has 0 amide bonds. The van der Waals surface area contributed by atoms with Crippen molar-refractivity contribution in [1.29, 1.82) is 0 Å². The number of fused-ring (bicyclic) bond motifs is 1. The third-order valence-corrected chi connectivity index (χ3v) is 8.50. The SMILES string of the molecule is Nc1ncnc2c1c(-c1ccc(Oc3ccccc3)cc1)cn2C(NCCN1CCCCC1)C1CCC(O)CC1. The maximum absolute atomic E-state index is 10.2. The topological polar surface area (TPSA) is 101 Å². The van der Waals surface area contributed by atoms with Crippen LogP contribution in [0.25, 0.3) is 22.2 Å². The lowest BCUT2D eigenvalue weighted by Crippen LogP contribution is -2.41. The molecule has 2 aromatic carbocycles. The van der Waals surface area contributed by atoms with Gasteiger partial charge in [-0.15, -0.1) is 0 Å². The fourth-order valence-electron chi connectivity index (χ4n) is 6.33. The molecule has 210 valence electrons. The van der Waals surface area contributed by atoms with Crippen LogP contribution < -0.4 is 15.8 Å². The van der Waals surface area contributed by atoms with Crippen molar-refractivity contribution in [3.8, 4) is 22.6 Å². The lowest BCUT2D eigenvalue weighted by atomic mass is 9.85. The molecule has 8 heteroatoms. The Balaban J connectivity index is 1.30. The maximum atomic E-state index is 10.2. The lowest BCUT2D eigenvalue weighted by molar-refractivity contribution is 0.0854. The zero-order valence-electron chi connectivity index (χ0n) is 23.1. The minimum Gasteiger partial charge on any atom is -0.457 e. The third-order valence-electron chi connectivity index (χ3n) is 8.50. The van der Waals surface area contributed by atoms with E-state index in [9.17, 15) is 5.11 Å². The van der Waals surface area contributed by atoms with Gasteiger partial charge in [-0.2, -0.15) is 0 Å². The molecule has 1 unspecified atom stereocenters. The second-order valence-electron chi connectivity index (χ2n) is 11.2. The number of ether oxygens (including phenoxy) is 1. The lowest BCUT2D eigenvalue weighted by Gasteiger charge is -2.35. The van der Waals surface area contributed by atoms with Crippen molar-refractivity contribution in [3.05, 3.63) is 67.1 Å². The summed E-state index contributed by atoms with van der Waals surface area (Å²) in [5, 5.41) is 15.0. The molecule has 1 saturated carbocycles. The Labute approximate surface area is 236 Å². The number of aliphatic hydroxyl groups is 1. The quantitative estimate of drug-likeness (QED) is 0.254. The Bertz CT molecular complexity index is 1380. The highest BCUT2D eigenvalue weighted by Gasteiger charge is 2.30.